The third-order valence-corrected chi connectivity index (χ3v) is 2.91. The molecule has 0 aliphatic carbocycles. The lowest BCUT2D eigenvalue weighted by Gasteiger charge is -2.26. The fraction of sp³-hybridized carbons (Fsp3) is 0.636. The normalized spacial score (nSPS) is 10.2. The van der Waals surface area contributed by atoms with Crippen molar-refractivity contribution in [3.63, 3.8) is 0 Å². The van der Waals surface area contributed by atoms with Crippen molar-refractivity contribution in [3.8, 4) is 0 Å². The van der Waals surface area contributed by atoms with Gasteiger partial charge in [-0.15, -0.1) is 24.8 Å². The van der Waals surface area contributed by atoms with Gasteiger partial charge in [0.05, 0.1) is 0 Å². The quantitative estimate of drug-likeness (QED) is 0.832. The van der Waals surface area contributed by atoms with Crippen molar-refractivity contribution in [1.29, 1.82) is 0 Å². The van der Waals surface area contributed by atoms with Crippen molar-refractivity contribution >= 4 is 30.7 Å². The molecule has 0 unspecified atom stereocenters. The smallest absolute Gasteiger partial charge is 0.241 e. The number of nitrogens with one attached hydrogen (secondary N) is 1. The highest BCUT2D eigenvalue weighted by molar-refractivity contribution is 5.85. The lowest BCUT2D eigenvalue weighted by Crippen LogP contribution is -2.49. The first-order valence-electron chi connectivity index (χ1n) is 5.62. The molecule has 18 heavy (non-hydrogen) atoms. The van der Waals surface area contributed by atoms with Gasteiger partial charge in [-0.25, -0.2) is 0 Å². The Morgan fingerprint density at radius 2 is 2.00 bits per heavy atom. The molecule has 0 bridgehead atoms. The minimum absolute atomic E-state index is 0. The summed E-state index contributed by atoms with van der Waals surface area (Å²) in [4.78, 5) is 11.6. The fourth-order valence-corrected chi connectivity index (χ4v) is 1.37. The number of hydrogen-bond acceptors (Lipinski definition) is 3. The van der Waals surface area contributed by atoms with Crippen molar-refractivity contribution < 1.29 is 4.79 Å². The Labute approximate surface area is 120 Å². The van der Waals surface area contributed by atoms with Gasteiger partial charge in [-0.3, -0.25) is 9.48 Å². The molecule has 0 aliphatic heterocycles. The number of rotatable bonds is 6. The van der Waals surface area contributed by atoms with Crippen LogP contribution < -0.4 is 11.1 Å². The molecule has 1 aromatic heterocycles. The van der Waals surface area contributed by atoms with Crippen molar-refractivity contribution in [2.24, 2.45) is 5.73 Å². The summed E-state index contributed by atoms with van der Waals surface area (Å²) in [6, 6.07) is 1.79. The molecule has 0 saturated heterocycles. The second-order valence-corrected chi connectivity index (χ2v) is 4.05. The predicted octanol–water partition coefficient (Wildman–Crippen LogP) is 1.36. The number of aromatic nitrogens is 2. The molecule has 0 saturated carbocycles. The highest BCUT2D eigenvalue weighted by Gasteiger charge is 2.20. The maximum absolute atomic E-state index is 11.6. The van der Waals surface area contributed by atoms with Crippen molar-refractivity contribution in [2.75, 3.05) is 6.54 Å². The molecule has 0 spiro atoms. The first-order valence-corrected chi connectivity index (χ1v) is 5.62. The second kappa shape index (κ2) is 9.19. The van der Waals surface area contributed by atoms with Gasteiger partial charge < -0.3 is 11.1 Å². The number of carbonyl (C=O) groups excluding carboxylic acids is 1. The van der Waals surface area contributed by atoms with Crippen LogP contribution in [0.4, 0.5) is 0 Å². The number of hydrogen-bond donors (Lipinski definition) is 2. The molecule has 1 rings (SSSR count). The average molecular weight is 297 g/mol. The third-order valence-electron chi connectivity index (χ3n) is 2.91. The molecule has 7 heteroatoms. The van der Waals surface area contributed by atoms with E-state index in [1.165, 1.54) is 0 Å². The minimum atomic E-state index is -0.292. The standard InChI is InChI=1S/C11H20N4O.2ClH/c1-3-11(12,4-2)9-13-10(16)8-15-7-5-6-14-15;;/h5-7H,3-4,8-9,12H2,1-2H3,(H,13,16);2*1H. The summed E-state index contributed by atoms with van der Waals surface area (Å²) in [6.45, 7) is 4.82. The maximum atomic E-state index is 11.6. The van der Waals surface area contributed by atoms with Gasteiger partial charge in [-0.05, 0) is 18.9 Å². The van der Waals surface area contributed by atoms with Crippen LogP contribution in [0.1, 0.15) is 26.7 Å². The zero-order valence-corrected chi connectivity index (χ0v) is 12.4. The molecule has 0 radical (unpaired) electrons. The van der Waals surface area contributed by atoms with Crippen molar-refractivity contribution in [2.45, 2.75) is 38.8 Å². The summed E-state index contributed by atoms with van der Waals surface area (Å²) in [5, 5.41) is 6.80. The molecule has 1 aromatic rings. The van der Waals surface area contributed by atoms with E-state index in [0.29, 0.717) is 6.54 Å². The molecule has 0 fully saturated rings. The first kappa shape index (κ1) is 19.6. The van der Waals surface area contributed by atoms with Gasteiger partial charge in [0.2, 0.25) is 5.91 Å². The first-order chi connectivity index (χ1) is 7.59. The van der Waals surface area contributed by atoms with E-state index in [4.69, 9.17) is 5.73 Å². The second-order valence-electron chi connectivity index (χ2n) is 4.05. The van der Waals surface area contributed by atoms with E-state index in [-0.39, 0.29) is 42.8 Å². The van der Waals surface area contributed by atoms with E-state index >= 15 is 0 Å². The summed E-state index contributed by atoms with van der Waals surface area (Å²) in [5.41, 5.74) is 5.79. The van der Waals surface area contributed by atoms with Gasteiger partial charge in [-0.1, -0.05) is 13.8 Å². The van der Waals surface area contributed by atoms with E-state index in [0.717, 1.165) is 12.8 Å². The fourth-order valence-electron chi connectivity index (χ4n) is 1.37. The van der Waals surface area contributed by atoms with E-state index in [9.17, 15) is 4.79 Å². The number of carbonyl (C=O) groups is 1. The Morgan fingerprint density at radius 3 is 2.44 bits per heavy atom. The van der Waals surface area contributed by atoms with E-state index in [1.54, 1.807) is 23.1 Å². The molecule has 106 valence electrons. The zero-order valence-electron chi connectivity index (χ0n) is 10.8. The Bertz CT molecular complexity index is 326. The summed E-state index contributed by atoms with van der Waals surface area (Å²) in [7, 11) is 0. The molecule has 3 N–H and O–H groups in total. The Morgan fingerprint density at radius 1 is 1.39 bits per heavy atom. The van der Waals surface area contributed by atoms with Crippen LogP contribution in [0.5, 0.6) is 0 Å². The Kier molecular flexibility index (Phi) is 9.99. The van der Waals surface area contributed by atoms with Gasteiger partial charge in [0, 0.05) is 24.5 Å². The van der Waals surface area contributed by atoms with E-state index in [2.05, 4.69) is 10.4 Å². The monoisotopic (exact) mass is 296 g/mol. The van der Waals surface area contributed by atoms with Crippen molar-refractivity contribution in [1.82, 2.24) is 15.1 Å². The summed E-state index contributed by atoms with van der Waals surface area (Å²) in [6.07, 6.45) is 5.12. The topological polar surface area (TPSA) is 72.9 Å². The van der Waals surface area contributed by atoms with Gasteiger partial charge in [0.25, 0.3) is 0 Å². The molecular formula is C11H22Cl2N4O. The molecule has 0 aromatic carbocycles. The van der Waals surface area contributed by atoms with E-state index in [1.807, 2.05) is 13.8 Å². The number of nitrogens with zero attached hydrogens (tertiary/aromatic N) is 2. The number of halogens is 2. The highest BCUT2D eigenvalue weighted by Crippen LogP contribution is 2.09. The van der Waals surface area contributed by atoms with Crippen LogP contribution in [0.25, 0.3) is 0 Å². The molecule has 1 amide bonds. The molecule has 0 aliphatic rings. The zero-order chi connectivity index (χ0) is 12.0. The largest absolute Gasteiger partial charge is 0.353 e. The van der Waals surface area contributed by atoms with Crippen LogP contribution in [-0.4, -0.2) is 27.8 Å². The molecular weight excluding hydrogens is 275 g/mol. The lowest BCUT2D eigenvalue weighted by molar-refractivity contribution is -0.122. The lowest BCUT2D eigenvalue weighted by atomic mass is 9.94. The summed E-state index contributed by atoms with van der Waals surface area (Å²) < 4.78 is 1.59. The van der Waals surface area contributed by atoms with Crippen LogP contribution in [0, 0.1) is 0 Å². The van der Waals surface area contributed by atoms with Crippen LogP contribution >= 0.6 is 24.8 Å². The average Bonchev–Trinajstić information content (AvgIpc) is 2.79. The van der Waals surface area contributed by atoms with Crippen LogP contribution in [0.15, 0.2) is 18.5 Å². The third kappa shape index (κ3) is 6.23. The molecule has 5 nitrogen and oxygen atoms in total. The Balaban J connectivity index is 0. The number of amides is 1. The van der Waals surface area contributed by atoms with Gasteiger partial charge in [0.1, 0.15) is 6.54 Å². The van der Waals surface area contributed by atoms with Gasteiger partial charge >= 0.3 is 0 Å². The van der Waals surface area contributed by atoms with Crippen LogP contribution in [-0.2, 0) is 11.3 Å². The summed E-state index contributed by atoms with van der Waals surface area (Å²) >= 11 is 0. The predicted molar refractivity (Wildman–Crippen MR) is 77.2 cm³/mol. The summed E-state index contributed by atoms with van der Waals surface area (Å²) in [5.74, 6) is -0.0552. The minimum Gasteiger partial charge on any atom is -0.353 e. The van der Waals surface area contributed by atoms with Gasteiger partial charge in [-0.2, -0.15) is 5.10 Å². The highest BCUT2D eigenvalue weighted by atomic mass is 35.5. The molecule has 0 atom stereocenters. The SMILES string of the molecule is CCC(N)(CC)CNC(=O)Cn1cccn1.Cl.Cl. The van der Waals surface area contributed by atoms with Gasteiger partial charge in [0.15, 0.2) is 0 Å². The Hall–Kier alpha value is -0.780. The van der Waals surface area contributed by atoms with Crippen LogP contribution in [0.2, 0.25) is 0 Å². The molecule has 1 heterocycles. The number of nitrogens with two attached hydrogens (primary N) is 1. The van der Waals surface area contributed by atoms with Crippen molar-refractivity contribution in [3.05, 3.63) is 18.5 Å². The maximum Gasteiger partial charge on any atom is 0.241 e. The van der Waals surface area contributed by atoms with E-state index < -0.39 is 0 Å². The van der Waals surface area contributed by atoms with Crippen LogP contribution in [0.3, 0.4) is 0 Å².